The van der Waals surface area contributed by atoms with Crippen molar-refractivity contribution in [2.45, 2.75) is 46.2 Å². The Hall–Kier alpha value is -1.17. The summed E-state index contributed by atoms with van der Waals surface area (Å²) in [6.45, 7) is 9.89. The van der Waals surface area contributed by atoms with Gasteiger partial charge in [-0.2, -0.15) is 5.10 Å². The standard InChI is InChI=1S/C13H23N3O2S/c1-9(8-19(6)18)14-12(17)11-7-10(2)16(15-11)13(3,4)5/h7,9H,8H2,1-6H3,(H,14,17)/t9-,19+/m1/s1. The maximum atomic E-state index is 12.0. The molecule has 2 atom stereocenters. The molecule has 1 amide bonds. The molecule has 108 valence electrons. The number of nitrogens with one attached hydrogen (secondary N) is 1. The number of carbonyl (C=O) groups is 1. The van der Waals surface area contributed by atoms with Crippen molar-refractivity contribution in [2.24, 2.45) is 0 Å². The van der Waals surface area contributed by atoms with E-state index in [0.717, 1.165) is 5.69 Å². The third-order valence-electron chi connectivity index (χ3n) is 2.62. The fraction of sp³-hybridized carbons (Fsp3) is 0.692. The number of aryl methyl sites for hydroxylation is 1. The number of carbonyl (C=O) groups excluding carboxylic acids is 1. The highest BCUT2D eigenvalue weighted by Crippen LogP contribution is 2.16. The van der Waals surface area contributed by atoms with Crippen molar-refractivity contribution in [3.05, 3.63) is 17.5 Å². The van der Waals surface area contributed by atoms with Crippen LogP contribution in [-0.2, 0) is 16.3 Å². The summed E-state index contributed by atoms with van der Waals surface area (Å²) in [5, 5.41) is 7.15. The van der Waals surface area contributed by atoms with Gasteiger partial charge in [-0.05, 0) is 40.7 Å². The summed E-state index contributed by atoms with van der Waals surface area (Å²) in [7, 11) is -0.922. The van der Waals surface area contributed by atoms with E-state index >= 15 is 0 Å². The first kappa shape index (κ1) is 15.9. The molecule has 1 heterocycles. The topological polar surface area (TPSA) is 64.0 Å². The van der Waals surface area contributed by atoms with E-state index in [4.69, 9.17) is 0 Å². The molecule has 1 aromatic heterocycles. The van der Waals surface area contributed by atoms with Crippen LogP contribution >= 0.6 is 0 Å². The van der Waals surface area contributed by atoms with Gasteiger partial charge in [0.25, 0.3) is 5.91 Å². The summed E-state index contributed by atoms with van der Waals surface area (Å²) in [6.07, 6.45) is 1.63. The van der Waals surface area contributed by atoms with E-state index in [0.29, 0.717) is 11.4 Å². The Labute approximate surface area is 117 Å². The highest BCUT2D eigenvalue weighted by Gasteiger charge is 2.21. The van der Waals surface area contributed by atoms with E-state index < -0.39 is 10.8 Å². The van der Waals surface area contributed by atoms with Crippen molar-refractivity contribution in [3.63, 3.8) is 0 Å². The molecule has 0 unspecified atom stereocenters. The molecule has 0 saturated carbocycles. The molecule has 6 heteroatoms. The number of hydrogen-bond donors (Lipinski definition) is 1. The van der Waals surface area contributed by atoms with E-state index in [-0.39, 0.29) is 17.5 Å². The molecule has 0 aliphatic carbocycles. The van der Waals surface area contributed by atoms with Crippen molar-refractivity contribution < 1.29 is 9.00 Å². The lowest BCUT2D eigenvalue weighted by Crippen LogP contribution is -2.36. The first-order valence-electron chi connectivity index (χ1n) is 6.29. The second-order valence-corrected chi connectivity index (χ2v) is 7.35. The Kier molecular flexibility index (Phi) is 4.90. The maximum Gasteiger partial charge on any atom is 0.272 e. The Bertz CT molecular complexity index is 489. The first-order valence-corrected chi connectivity index (χ1v) is 8.02. The highest BCUT2D eigenvalue weighted by molar-refractivity contribution is 7.84. The van der Waals surface area contributed by atoms with Gasteiger partial charge in [0, 0.05) is 34.5 Å². The van der Waals surface area contributed by atoms with Crippen molar-refractivity contribution in [2.75, 3.05) is 12.0 Å². The minimum atomic E-state index is -0.922. The van der Waals surface area contributed by atoms with Crippen LogP contribution in [0.3, 0.4) is 0 Å². The summed E-state index contributed by atoms with van der Waals surface area (Å²) in [5.74, 6) is 0.231. The summed E-state index contributed by atoms with van der Waals surface area (Å²) in [5.41, 5.74) is 1.20. The molecular formula is C13H23N3O2S. The lowest BCUT2D eigenvalue weighted by atomic mass is 10.1. The van der Waals surface area contributed by atoms with Gasteiger partial charge in [0.15, 0.2) is 0 Å². The molecule has 19 heavy (non-hydrogen) atoms. The predicted molar refractivity (Wildman–Crippen MR) is 77.8 cm³/mol. The van der Waals surface area contributed by atoms with Gasteiger partial charge >= 0.3 is 0 Å². The van der Waals surface area contributed by atoms with Gasteiger partial charge in [0.05, 0.1) is 5.54 Å². The summed E-state index contributed by atoms with van der Waals surface area (Å²) >= 11 is 0. The van der Waals surface area contributed by atoms with Crippen LogP contribution in [0.2, 0.25) is 0 Å². The second-order valence-electron chi connectivity index (χ2n) is 5.87. The van der Waals surface area contributed by atoms with Crippen molar-refractivity contribution in [1.29, 1.82) is 0 Å². The molecule has 1 N–H and O–H groups in total. The Morgan fingerprint density at radius 1 is 1.53 bits per heavy atom. The molecule has 0 aliphatic rings. The predicted octanol–water partition coefficient (Wildman–Crippen LogP) is 1.44. The van der Waals surface area contributed by atoms with Gasteiger partial charge in [-0.3, -0.25) is 13.7 Å². The average Bonchev–Trinajstić information content (AvgIpc) is 2.58. The van der Waals surface area contributed by atoms with Crippen molar-refractivity contribution in [1.82, 2.24) is 15.1 Å². The van der Waals surface area contributed by atoms with Gasteiger partial charge in [-0.15, -0.1) is 0 Å². The molecule has 0 fully saturated rings. The van der Waals surface area contributed by atoms with Crippen molar-refractivity contribution in [3.8, 4) is 0 Å². The zero-order valence-corrected chi connectivity index (χ0v) is 13.3. The van der Waals surface area contributed by atoms with Gasteiger partial charge < -0.3 is 5.32 Å². The van der Waals surface area contributed by atoms with Crippen LogP contribution in [-0.4, -0.2) is 37.9 Å². The molecule has 0 aliphatic heterocycles. The summed E-state index contributed by atoms with van der Waals surface area (Å²) < 4.78 is 12.9. The third kappa shape index (κ3) is 4.45. The minimum absolute atomic E-state index is 0.126. The Balaban J connectivity index is 2.81. The fourth-order valence-electron chi connectivity index (χ4n) is 1.96. The third-order valence-corrected chi connectivity index (χ3v) is 3.59. The molecule has 0 saturated heterocycles. The largest absolute Gasteiger partial charge is 0.347 e. The van der Waals surface area contributed by atoms with Crippen molar-refractivity contribution >= 4 is 16.7 Å². The molecule has 0 radical (unpaired) electrons. The van der Waals surface area contributed by atoms with Crippen LogP contribution in [0.15, 0.2) is 6.07 Å². The average molecular weight is 285 g/mol. The lowest BCUT2D eigenvalue weighted by molar-refractivity contribution is 0.0937. The number of nitrogens with zero attached hydrogens (tertiary/aromatic N) is 2. The lowest BCUT2D eigenvalue weighted by Gasteiger charge is -2.21. The maximum absolute atomic E-state index is 12.0. The van der Waals surface area contributed by atoms with Crippen LogP contribution in [0.25, 0.3) is 0 Å². The number of aromatic nitrogens is 2. The van der Waals surface area contributed by atoms with Crippen LogP contribution < -0.4 is 5.32 Å². The molecule has 1 rings (SSSR count). The van der Waals surface area contributed by atoms with E-state index in [2.05, 4.69) is 10.4 Å². The Morgan fingerprint density at radius 3 is 2.53 bits per heavy atom. The zero-order valence-electron chi connectivity index (χ0n) is 12.5. The van der Waals surface area contributed by atoms with E-state index in [1.165, 1.54) is 0 Å². The number of rotatable bonds is 4. The second kappa shape index (κ2) is 5.86. The zero-order chi connectivity index (χ0) is 14.8. The monoisotopic (exact) mass is 285 g/mol. The van der Waals surface area contributed by atoms with Gasteiger partial charge in [0.2, 0.25) is 0 Å². The number of amides is 1. The minimum Gasteiger partial charge on any atom is -0.347 e. The molecule has 0 bridgehead atoms. The molecule has 0 spiro atoms. The van der Waals surface area contributed by atoms with E-state index in [1.807, 2.05) is 39.3 Å². The fourth-order valence-corrected chi connectivity index (χ4v) is 2.74. The normalized spacial score (nSPS) is 15.1. The van der Waals surface area contributed by atoms with Gasteiger partial charge in [-0.25, -0.2) is 0 Å². The molecular weight excluding hydrogens is 262 g/mol. The quantitative estimate of drug-likeness (QED) is 0.910. The van der Waals surface area contributed by atoms with Crippen LogP contribution in [0.4, 0.5) is 0 Å². The van der Waals surface area contributed by atoms with E-state index in [9.17, 15) is 9.00 Å². The van der Waals surface area contributed by atoms with Crippen LogP contribution in [0, 0.1) is 6.92 Å². The first-order chi connectivity index (χ1) is 8.61. The van der Waals surface area contributed by atoms with Crippen LogP contribution in [0.5, 0.6) is 0 Å². The van der Waals surface area contributed by atoms with E-state index in [1.54, 1.807) is 12.3 Å². The SMILES string of the molecule is Cc1cc(C(=O)N[C@H](C)C[S@](C)=O)nn1C(C)(C)C. The smallest absolute Gasteiger partial charge is 0.272 e. The van der Waals surface area contributed by atoms with Gasteiger partial charge in [0.1, 0.15) is 5.69 Å². The molecule has 5 nitrogen and oxygen atoms in total. The molecule has 0 aromatic carbocycles. The summed E-state index contributed by atoms with van der Waals surface area (Å²) in [4.78, 5) is 12.0. The van der Waals surface area contributed by atoms with Gasteiger partial charge in [-0.1, -0.05) is 0 Å². The van der Waals surface area contributed by atoms with Crippen LogP contribution in [0.1, 0.15) is 43.9 Å². The number of hydrogen-bond acceptors (Lipinski definition) is 3. The highest BCUT2D eigenvalue weighted by atomic mass is 32.2. The summed E-state index contributed by atoms with van der Waals surface area (Å²) in [6, 6.07) is 1.65. The molecule has 1 aromatic rings. The Morgan fingerprint density at radius 2 is 2.11 bits per heavy atom.